The number of benzene rings is 1. The summed E-state index contributed by atoms with van der Waals surface area (Å²) in [6.07, 6.45) is 1.15. The summed E-state index contributed by atoms with van der Waals surface area (Å²) in [7, 11) is 3.09. The van der Waals surface area contributed by atoms with Gasteiger partial charge in [-0.2, -0.15) is 0 Å². The van der Waals surface area contributed by atoms with Gasteiger partial charge in [0.05, 0.1) is 20.8 Å². The number of methoxy groups -OCH3 is 2. The first-order chi connectivity index (χ1) is 14.3. The highest BCUT2D eigenvalue weighted by atomic mass is 16.5. The van der Waals surface area contributed by atoms with Crippen LogP contribution in [-0.4, -0.2) is 74.0 Å². The first-order valence-corrected chi connectivity index (χ1v) is 10.4. The Hall–Kier alpha value is -2.77. The molecule has 1 saturated heterocycles. The van der Waals surface area contributed by atoms with E-state index < -0.39 is 0 Å². The molecule has 1 aliphatic heterocycles. The smallest absolute Gasteiger partial charge is 0.254 e. The molecule has 0 bridgehead atoms. The summed E-state index contributed by atoms with van der Waals surface area (Å²) in [4.78, 5) is 41.2. The SMILES string of the molecule is CCN(CC(=O)NC(C)C)C(=O)C1CCN(C(=O)c2cc(OC)cc(OC)c2)CC1. The van der Waals surface area contributed by atoms with Crippen LogP contribution in [0.3, 0.4) is 0 Å². The van der Waals surface area contributed by atoms with Crippen molar-refractivity contribution in [1.29, 1.82) is 0 Å². The van der Waals surface area contributed by atoms with E-state index in [0.717, 1.165) is 0 Å². The van der Waals surface area contributed by atoms with E-state index >= 15 is 0 Å². The van der Waals surface area contributed by atoms with Gasteiger partial charge in [-0.25, -0.2) is 0 Å². The van der Waals surface area contributed by atoms with Crippen molar-refractivity contribution < 1.29 is 23.9 Å². The quantitative estimate of drug-likeness (QED) is 0.696. The van der Waals surface area contributed by atoms with Crippen LogP contribution in [0.2, 0.25) is 0 Å². The average Bonchev–Trinajstić information content (AvgIpc) is 2.75. The maximum absolute atomic E-state index is 12.9. The monoisotopic (exact) mass is 419 g/mol. The Labute approximate surface area is 178 Å². The van der Waals surface area contributed by atoms with Gasteiger partial charge in [0.2, 0.25) is 11.8 Å². The summed E-state index contributed by atoms with van der Waals surface area (Å²) in [5, 5.41) is 2.82. The minimum absolute atomic E-state index is 0.0217. The van der Waals surface area contributed by atoms with E-state index in [1.165, 1.54) is 0 Å². The molecule has 8 nitrogen and oxygen atoms in total. The van der Waals surface area contributed by atoms with Gasteiger partial charge in [0, 0.05) is 43.2 Å². The Kier molecular flexibility index (Phi) is 8.50. The van der Waals surface area contributed by atoms with Crippen LogP contribution in [0.15, 0.2) is 18.2 Å². The highest BCUT2D eigenvalue weighted by Crippen LogP contribution is 2.26. The topological polar surface area (TPSA) is 88.2 Å². The Morgan fingerprint density at radius 1 is 1.10 bits per heavy atom. The third-order valence-electron chi connectivity index (χ3n) is 5.21. The number of likely N-dealkylation sites (N-methyl/N-ethyl adjacent to an activating group) is 1. The Bertz CT molecular complexity index is 735. The number of carbonyl (C=O) groups excluding carboxylic acids is 3. The highest BCUT2D eigenvalue weighted by Gasteiger charge is 2.31. The zero-order valence-corrected chi connectivity index (χ0v) is 18.6. The summed E-state index contributed by atoms with van der Waals surface area (Å²) in [6.45, 7) is 7.18. The maximum Gasteiger partial charge on any atom is 0.254 e. The van der Waals surface area contributed by atoms with E-state index in [1.54, 1.807) is 42.2 Å². The van der Waals surface area contributed by atoms with Gasteiger partial charge in [-0.05, 0) is 45.7 Å². The van der Waals surface area contributed by atoms with Crippen molar-refractivity contribution in [2.24, 2.45) is 5.92 Å². The van der Waals surface area contributed by atoms with Crippen molar-refractivity contribution in [3.8, 4) is 11.5 Å². The minimum atomic E-state index is -0.180. The fourth-order valence-electron chi connectivity index (χ4n) is 3.59. The van der Waals surface area contributed by atoms with Crippen LogP contribution in [0.5, 0.6) is 11.5 Å². The first kappa shape index (κ1) is 23.5. The normalized spacial score (nSPS) is 14.4. The largest absolute Gasteiger partial charge is 0.497 e. The molecule has 3 amide bonds. The molecule has 8 heteroatoms. The molecule has 0 atom stereocenters. The zero-order chi connectivity index (χ0) is 22.3. The van der Waals surface area contributed by atoms with E-state index in [-0.39, 0.29) is 36.2 Å². The van der Waals surface area contributed by atoms with Gasteiger partial charge in [-0.3, -0.25) is 14.4 Å². The number of nitrogens with one attached hydrogen (secondary N) is 1. The molecule has 0 radical (unpaired) electrons. The predicted molar refractivity (Wildman–Crippen MR) is 114 cm³/mol. The summed E-state index contributed by atoms with van der Waals surface area (Å²) < 4.78 is 10.5. The molecule has 1 N–H and O–H groups in total. The summed E-state index contributed by atoms with van der Waals surface area (Å²) >= 11 is 0. The number of rotatable bonds is 8. The number of nitrogens with zero attached hydrogens (tertiary/aromatic N) is 2. The van der Waals surface area contributed by atoms with E-state index in [4.69, 9.17) is 9.47 Å². The minimum Gasteiger partial charge on any atom is -0.497 e. The molecule has 1 aromatic rings. The van der Waals surface area contributed by atoms with Gasteiger partial charge < -0.3 is 24.6 Å². The third-order valence-corrected chi connectivity index (χ3v) is 5.21. The number of hydrogen-bond acceptors (Lipinski definition) is 5. The lowest BCUT2D eigenvalue weighted by atomic mass is 9.94. The predicted octanol–water partition coefficient (Wildman–Crippen LogP) is 1.93. The molecule has 1 aliphatic rings. The number of likely N-dealkylation sites (tertiary alicyclic amines) is 1. The molecule has 1 heterocycles. The molecule has 166 valence electrons. The second kappa shape index (κ2) is 10.8. The Morgan fingerprint density at radius 2 is 1.67 bits per heavy atom. The lowest BCUT2D eigenvalue weighted by molar-refractivity contribution is -0.140. The van der Waals surface area contributed by atoms with Crippen LogP contribution in [0.25, 0.3) is 0 Å². The molecule has 0 aliphatic carbocycles. The molecule has 0 aromatic heterocycles. The number of ether oxygens (including phenoxy) is 2. The van der Waals surface area contributed by atoms with Crippen molar-refractivity contribution in [2.45, 2.75) is 39.7 Å². The van der Waals surface area contributed by atoms with Gasteiger partial charge in [-0.15, -0.1) is 0 Å². The van der Waals surface area contributed by atoms with Crippen LogP contribution in [0.1, 0.15) is 44.0 Å². The fourth-order valence-corrected chi connectivity index (χ4v) is 3.59. The van der Waals surface area contributed by atoms with E-state index in [2.05, 4.69) is 5.32 Å². The van der Waals surface area contributed by atoms with Gasteiger partial charge in [0.1, 0.15) is 11.5 Å². The van der Waals surface area contributed by atoms with Gasteiger partial charge in [-0.1, -0.05) is 0 Å². The van der Waals surface area contributed by atoms with Gasteiger partial charge >= 0.3 is 0 Å². The number of hydrogen-bond donors (Lipinski definition) is 1. The fraction of sp³-hybridized carbons (Fsp3) is 0.591. The van der Waals surface area contributed by atoms with Gasteiger partial charge in [0.25, 0.3) is 5.91 Å². The number of amides is 3. The van der Waals surface area contributed by atoms with Crippen molar-refractivity contribution in [3.63, 3.8) is 0 Å². The van der Waals surface area contributed by atoms with Crippen molar-refractivity contribution in [3.05, 3.63) is 23.8 Å². The number of piperidine rings is 1. The molecule has 1 fully saturated rings. The molecule has 30 heavy (non-hydrogen) atoms. The average molecular weight is 420 g/mol. The molecule has 2 rings (SSSR count). The zero-order valence-electron chi connectivity index (χ0n) is 18.6. The molecule has 0 unspecified atom stereocenters. The maximum atomic E-state index is 12.9. The van der Waals surface area contributed by atoms with Gasteiger partial charge in [0.15, 0.2) is 0 Å². The van der Waals surface area contributed by atoms with Crippen LogP contribution < -0.4 is 14.8 Å². The Balaban J connectivity index is 1.97. The summed E-state index contributed by atoms with van der Waals surface area (Å²) in [5.74, 6) is 0.649. The second-order valence-corrected chi connectivity index (χ2v) is 7.74. The van der Waals surface area contributed by atoms with Crippen LogP contribution in [-0.2, 0) is 9.59 Å². The first-order valence-electron chi connectivity index (χ1n) is 10.4. The lowest BCUT2D eigenvalue weighted by Crippen LogP contribution is -2.47. The highest BCUT2D eigenvalue weighted by molar-refractivity contribution is 5.95. The van der Waals surface area contributed by atoms with Crippen LogP contribution in [0, 0.1) is 5.92 Å². The summed E-state index contributed by atoms with van der Waals surface area (Å²) in [5.41, 5.74) is 0.497. The lowest BCUT2D eigenvalue weighted by Gasteiger charge is -2.34. The summed E-state index contributed by atoms with van der Waals surface area (Å²) in [6, 6.07) is 5.13. The van der Waals surface area contributed by atoms with Crippen LogP contribution >= 0.6 is 0 Å². The Morgan fingerprint density at radius 3 is 2.13 bits per heavy atom. The van der Waals surface area contributed by atoms with Crippen LogP contribution in [0.4, 0.5) is 0 Å². The molecule has 1 aromatic carbocycles. The molecular weight excluding hydrogens is 386 g/mol. The van der Waals surface area contributed by atoms with Crippen molar-refractivity contribution >= 4 is 17.7 Å². The van der Waals surface area contributed by atoms with E-state index in [0.29, 0.717) is 49.5 Å². The molecule has 0 spiro atoms. The standard InChI is InChI=1S/C22H33N3O5/c1-6-24(14-20(26)23-15(2)3)21(27)16-7-9-25(10-8-16)22(28)17-11-18(29-4)13-19(12-17)30-5/h11-13,15-16H,6-10,14H2,1-5H3,(H,23,26). The van der Waals surface area contributed by atoms with Crippen molar-refractivity contribution in [1.82, 2.24) is 15.1 Å². The molecular formula is C22H33N3O5. The van der Waals surface area contributed by atoms with E-state index in [1.807, 2.05) is 20.8 Å². The second-order valence-electron chi connectivity index (χ2n) is 7.74. The van der Waals surface area contributed by atoms with E-state index in [9.17, 15) is 14.4 Å². The number of carbonyl (C=O) groups is 3. The molecule has 0 saturated carbocycles. The van der Waals surface area contributed by atoms with Crippen molar-refractivity contribution in [2.75, 3.05) is 40.4 Å². The third kappa shape index (κ3) is 6.11.